The van der Waals surface area contributed by atoms with Gasteiger partial charge in [-0.1, -0.05) is 42.4 Å². The SMILES string of the molecule is CCCn1c(N)c(C(=O)COC(=O)c2c(-c3ccccc3)noc2C)c(=O)n(C)c1=O. The minimum absolute atomic E-state index is 0.0795. The van der Waals surface area contributed by atoms with E-state index in [1.54, 1.807) is 31.2 Å². The third kappa shape index (κ3) is 4.04. The third-order valence-corrected chi connectivity index (χ3v) is 4.76. The van der Waals surface area contributed by atoms with E-state index in [0.29, 0.717) is 12.0 Å². The predicted octanol–water partition coefficient (Wildman–Crippen LogP) is 1.54. The van der Waals surface area contributed by atoms with Crippen molar-refractivity contribution in [1.29, 1.82) is 0 Å². The molecule has 0 saturated carbocycles. The van der Waals surface area contributed by atoms with Crippen molar-refractivity contribution in [2.24, 2.45) is 7.05 Å². The van der Waals surface area contributed by atoms with Crippen LogP contribution in [-0.2, 0) is 18.3 Å². The number of Topliss-reactive ketones (excluding diaryl/α,β-unsaturated/α-hetero) is 1. The molecule has 0 radical (unpaired) electrons. The van der Waals surface area contributed by atoms with E-state index in [0.717, 1.165) is 9.13 Å². The van der Waals surface area contributed by atoms with Crippen LogP contribution in [0.1, 0.15) is 39.8 Å². The molecule has 1 aromatic carbocycles. The third-order valence-electron chi connectivity index (χ3n) is 4.76. The summed E-state index contributed by atoms with van der Waals surface area (Å²) in [6.45, 7) is 2.87. The van der Waals surface area contributed by atoms with Gasteiger partial charge in [-0.2, -0.15) is 0 Å². The van der Waals surface area contributed by atoms with Gasteiger partial charge in [-0.3, -0.25) is 18.7 Å². The van der Waals surface area contributed by atoms with Gasteiger partial charge in [0.25, 0.3) is 5.56 Å². The molecule has 10 heteroatoms. The summed E-state index contributed by atoms with van der Waals surface area (Å²) in [4.78, 5) is 50.1. The number of ketones is 1. The molecule has 0 aliphatic carbocycles. The number of anilines is 1. The standard InChI is InChI=1S/C21H22N4O6/c1-4-10-25-18(22)16(19(27)24(3)21(25)29)14(26)11-30-20(28)15-12(2)31-23-17(15)13-8-6-5-7-9-13/h5-9H,4,10-11,22H2,1-3H3. The smallest absolute Gasteiger partial charge is 0.344 e. The highest BCUT2D eigenvalue weighted by Crippen LogP contribution is 2.25. The summed E-state index contributed by atoms with van der Waals surface area (Å²) in [5.41, 5.74) is 5.07. The van der Waals surface area contributed by atoms with Crippen LogP contribution in [0.4, 0.5) is 5.82 Å². The van der Waals surface area contributed by atoms with Crippen molar-refractivity contribution in [3.63, 3.8) is 0 Å². The number of nitrogens with two attached hydrogens (primary N) is 1. The van der Waals surface area contributed by atoms with E-state index in [-0.39, 0.29) is 29.4 Å². The van der Waals surface area contributed by atoms with Gasteiger partial charge in [0.05, 0.1) is 0 Å². The van der Waals surface area contributed by atoms with Gasteiger partial charge in [-0.15, -0.1) is 0 Å². The summed E-state index contributed by atoms with van der Waals surface area (Å²) in [7, 11) is 1.26. The number of esters is 1. The fraction of sp³-hybridized carbons (Fsp3) is 0.286. The number of carbonyl (C=O) groups excluding carboxylic acids is 2. The van der Waals surface area contributed by atoms with Crippen LogP contribution in [-0.4, -0.2) is 32.7 Å². The second kappa shape index (κ2) is 8.82. The van der Waals surface area contributed by atoms with E-state index in [1.807, 2.05) is 13.0 Å². The summed E-state index contributed by atoms with van der Waals surface area (Å²) in [6, 6.07) is 8.88. The highest BCUT2D eigenvalue weighted by atomic mass is 16.5. The first-order chi connectivity index (χ1) is 14.8. The zero-order chi connectivity index (χ0) is 22.7. The number of ether oxygens (including phenoxy) is 1. The zero-order valence-electron chi connectivity index (χ0n) is 17.4. The summed E-state index contributed by atoms with van der Waals surface area (Å²) >= 11 is 0. The Morgan fingerprint density at radius 2 is 1.84 bits per heavy atom. The summed E-state index contributed by atoms with van der Waals surface area (Å²) < 4.78 is 12.2. The molecule has 162 valence electrons. The van der Waals surface area contributed by atoms with Crippen LogP contribution in [0.15, 0.2) is 44.4 Å². The lowest BCUT2D eigenvalue weighted by Crippen LogP contribution is -2.43. The summed E-state index contributed by atoms with van der Waals surface area (Å²) in [5.74, 6) is -1.67. The van der Waals surface area contributed by atoms with E-state index in [1.165, 1.54) is 7.05 Å². The monoisotopic (exact) mass is 426 g/mol. The van der Waals surface area contributed by atoms with E-state index in [4.69, 9.17) is 15.0 Å². The van der Waals surface area contributed by atoms with Crippen molar-refractivity contribution < 1.29 is 18.8 Å². The fourth-order valence-corrected chi connectivity index (χ4v) is 3.17. The first-order valence-corrected chi connectivity index (χ1v) is 9.59. The number of carbonyl (C=O) groups is 2. The number of benzene rings is 1. The molecule has 2 heterocycles. The molecule has 3 aromatic rings. The number of rotatable bonds is 7. The van der Waals surface area contributed by atoms with Crippen LogP contribution >= 0.6 is 0 Å². The minimum atomic E-state index is -0.845. The van der Waals surface area contributed by atoms with Crippen LogP contribution in [0.3, 0.4) is 0 Å². The second-order valence-corrected chi connectivity index (χ2v) is 6.89. The first kappa shape index (κ1) is 21.8. The van der Waals surface area contributed by atoms with Gasteiger partial charge in [0.15, 0.2) is 6.61 Å². The van der Waals surface area contributed by atoms with Gasteiger partial charge in [-0.25, -0.2) is 9.59 Å². The van der Waals surface area contributed by atoms with Crippen molar-refractivity contribution in [3.8, 4) is 11.3 Å². The molecule has 2 aromatic heterocycles. The van der Waals surface area contributed by atoms with Gasteiger partial charge >= 0.3 is 11.7 Å². The van der Waals surface area contributed by atoms with Crippen molar-refractivity contribution in [2.45, 2.75) is 26.8 Å². The van der Waals surface area contributed by atoms with Gasteiger partial charge in [0, 0.05) is 19.2 Å². The Morgan fingerprint density at radius 3 is 2.48 bits per heavy atom. The summed E-state index contributed by atoms with van der Waals surface area (Å²) in [5, 5.41) is 3.90. The largest absolute Gasteiger partial charge is 0.454 e. The summed E-state index contributed by atoms with van der Waals surface area (Å²) in [6.07, 6.45) is 0.569. The Bertz CT molecular complexity index is 1250. The number of nitrogens with zero attached hydrogens (tertiary/aromatic N) is 3. The van der Waals surface area contributed by atoms with E-state index >= 15 is 0 Å². The average molecular weight is 426 g/mol. The van der Waals surface area contributed by atoms with Crippen molar-refractivity contribution in [2.75, 3.05) is 12.3 Å². The molecule has 2 N–H and O–H groups in total. The molecule has 10 nitrogen and oxygen atoms in total. The van der Waals surface area contributed by atoms with Crippen LogP contribution in [0.2, 0.25) is 0 Å². The van der Waals surface area contributed by atoms with Gasteiger partial charge in [0.2, 0.25) is 5.78 Å². The highest BCUT2D eigenvalue weighted by molar-refractivity contribution is 6.03. The normalized spacial score (nSPS) is 10.8. The number of aromatic nitrogens is 3. The highest BCUT2D eigenvalue weighted by Gasteiger charge is 2.26. The van der Waals surface area contributed by atoms with E-state index in [9.17, 15) is 19.2 Å². The molecule has 0 aliphatic heterocycles. The Morgan fingerprint density at radius 1 is 1.16 bits per heavy atom. The molecular formula is C21H22N4O6. The van der Waals surface area contributed by atoms with E-state index < -0.39 is 35.2 Å². The molecule has 3 rings (SSSR count). The minimum Gasteiger partial charge on any atom is -0.454 e. The second-order valence-electron chi connectivity index (χ2n) is 6.89. The average Bonchev–Trinajstić information content (AvgIpc) is 3.15. The van der Waals surface area contributed by atoms with E-state index in [2.05, 4.69) is 5.16 Å². The predicted molar refractivity (Wildman–Crippen MR) is 112 cm³/mol. The van der Waals surface area contributed by atoms with Crippen LogP contribution < -0.4 is 17.0 Å². The maximum Gasteiger partial charge on any atom is 0.344 e. The molecule has 0 amide bonds. The number of hydrogen-bond acceptors (Lipinski definition) is 8. The topological polar surface area (TPSA) is 139 Å². The molecule has 31 heavy (non-hydrogen) atoms. The van der Waals surface area contributed by atoms with Crippen molar-refractivity contribution in [1.82, 2.24) is 14.3 Å². The fourth-order valence-electron chi connectivity index (χ4n) is 3.17. The van der Waals surface area contributed by atoms with Crippen LogP contribution in [0, 0.1) is 6.92 Å². The molecule has 0 bridgehead atoms. The maximum atomic E-state index is 12.7. The number of hydrogen-bond donors (Lipinski definition) is 1. The van der Waals surface area contributed by atoms with Gasteiger partial charge < -0.3 is 15.0 Å². The molecule has 0 spiro atoms. The first-order valence-electron chi connectivity index (χ1n) is 9.59. The van der Waals surface area contributed by atoms with Crippen LogP contribution in [0.5, 0.6) is 0 Å². The molecule has 0 aliphatic rings. The van der Waals surface area contributed by atoms with Gasteiger partial charge in [-0.05, 0) is 13.3 Å². The lowest BCUT2D eigenvalue weighted by atomic mass is 10.1. The number of aryl methyl sites for hydroxylation is 1. The Kier molecular flexibility index (Phi) is 6.19. The molecule has 0 saturated heterocycles. The molecule has 0 atom stereocenters. The Labute approximate surface area is 176 Å². The zero-order valence-corrected chi connectivity index (χ0v) is 17.4. The number of nitrogen functional groups attached to an aromatic ring is 1. The maximum absolute atomic E-state index is 12.7. The molecule has 0 unspecified atom stereocenters. The quantitative estimate of drug-likeness (QED) is 0.443. The molecular weight excluding hydrogens is 404 g/mol. The molecule has 0 fully saturated rings. The Balaban J connectivity index is 1.88. The Hall–Kier alpha value is -3.95. The van der Waals surface area contributed by atoms with Crippen molar-refractivity contribution >= 4 is 17.6 Å². The van der Waals surface area contributed by atoms with Crippen LogP contribution in [0.25, 0.3) is 11.3 Å². The lowest BCUT2D eigenvalue weighted by Gasteiger charge is -2.13. The van der Waals surface area contributed by atoms with Gasteiger partial charge in [0.1, 0.15) is 28.4 Å². The van der Waals surface area contributed by atoms with Crippen molar-refractivity contribution in [3.05, 3.63) is 68.1 Å². The lowest BCUT2D eigenvalue weighted by molar-refractivity contribution is 0.0473.